The summed E-state index contributed by atoms with van der Waals surface area (Å²) in [5.74, 6) is 0. The molecule has 2 aromatic rings. The number of rotatable bonds is 4. The highest BCUT2D eigenvalue weighted by Crippen LogP contribution is 2.28. The Morgan fingerprint density at radius 3 is 2.72 bits per heavy atom. The van der Waals surface area contributed by atoms with Crippen LogP contribution in [0.1, 0.15) is 6.42 Å². The average molecular weight is 332 g/mol. The molecule has 1 aromatic heterocycles. The fourth-order valence-electron chi connectivity index (χ4n) is 1.95. The normalized spacial score (nSPS) is 12.2. The number of aromatic nitrogens is 1. The number of hydrogen-bond acceptors (Lipinski definition) is 3. The Hall–Kier alpha value is -0.850. The van der Waals surface area contributed by atoms with Gasteiger partial charge in [-0.3, -0.25) is 0 Å². The lowest BCUT2D eigenvalue weighted by Crippen LogP contribution is -1.99. The predicted octanol–water partition coefficient (Wildman–Crippen LogP) is 2.19. The summed E-state index contributed by atoms with van der Waals surface area (Å²) in [6, 6.07) is 5.51. The highest BCUT2D eigenvalue weighted by atomic mass is 79.9. The van der Waals surface area contributed by atoms with E-state index in [9.17, 15) is 8.42 Å². The maximum Gasteiger partial charge on any atom is 0.177 e. The molecule has 98 valence electrons. The van der Waals surface area contributed by atoms with Crippen LogP contribution >= 0.6 is 15.9 Å². The molecule has 0 aliphatic heterocycles. The van der Waals surface area contributed by atoms with Gasteiger partial charge in [-0.05, 0) is 18.6 Å². The smallest absolute Gasteiger partial charge is 0.177 e. The number of benzene rings is 1. The number of nitrogens with zero attached hydrogens (tertiary/aromatic N) is 1. The van der Waals surface area contributed by atoms with Crippen molar-refractivity contribution in [3.63, 3.8) is 0 Å². The first kappa shape index (κ1) is 13.6. The van der Waals surface area contributed by atoms with Crippen molar-refractivity contribution in [3.05, 3.63) is 28.9 Å². The standard InChI is InChI=1S/C12H14BrNO3S/c1-18(16,17)12-8-14(5-2-6-15)11-7-9(13)3-4-10(11)12/h3-4,7-8,15H,2,5-6H2,1H3. The molecule has 6 heteroatoms. The second-order valence-electron chi connectivity index (χ2n) is 4.20. The molecule has 0 amide bonds. The predicted molar refractivity (Wildman–Crippen MR) is 74.5 cm³/mol. The first-order valence-electron chi connectivity index (χ1n) is 5.53. The van der Waals surface area contributed by atoms with Gasteiger partial charge >= 0.3 is 0 Å². The van der Waals surface area contributed by atoms with Gasteiger partial charge in [0.2, 0.25) is 0 Å². The number of sulfone groups is 1. The van der Waals surface area contributed by atoms with E-state index in [1.54, 1.807) is 12.3 Å². The first-order chi connectivity index (χ1) is 8.43. The monoisotopic (exact) mass is 331 g/mol. The Labute approximate surface area is 114 Å². The van der Waals surface area contributed by atoms with Crippen LogP contribution in [0.2, 0.25) is 0 Å². The minimum atomic E-state index is -3.25. The van der Waals surface area contributed by atoms with Crippen molar-refractivity contribution in [2.24, 2.45) is 0 Å². The first-order valence-corrected chi connectivity index (χ1v) is 8.21. The molecule has 0 fully saturated rings. The number of aryl methyl sites for hydroxylation is 1. The maximum atomic E-state index is 11.7. The molecule has 0 saturated carbocycles. The SMILES string of the molecule is CS(=O)(=O)c1cn(CCCO)c2cc(Br)ccc12. The zero-order valence-corrected chi connectivity index (χ0v) is 12.3. The van der Waals surface area contributed by atoms with Gasteiger partial charge in [-0.1, -0.05) is 22.0 Å². The third-order valence-corrected chi connectivity index (χ3v) is 4.38. The topological polar surface area (TPSA) is 59.3 Å². The second-order valence-corrected chi connectivity index (χ2v) is 7.10. The van der Waals surface area contributed by atoms with E-state index in [0.29, 0.717) is 17.9 Å². The summed E-state index contributed by atoms with van der Waals surface area (Å²) >= 11 is 3.38. The fraction of sp³-hybridized carbons (Fsp3) is 0.333. The minimum absolute atomic E-state index is 0.0852. The zero-order chi connectivity index (χ0) is 13.3. The van der Waals surface area contributed by atoms with Crippen LogP contribution in [-0.2, 0) is 16.4 Å². The van der Waals surface area contributed by atoms with Crippen LogP contribution in [0.5, 0.6) is 0 Å². The molecule has 4 nitrogen and oxygen atoms in total. The van der Waals surface area contributed by atoms with Crippen molar-refractivity contribution < 1.29 is 13.5 Å². The van der Waals surface area contributed by atoms with Gasteiger partial charge < -0.3 is 9.67 Å². The van der Waals surface area contributed by atoms with Crippen molar-refractivity contribution >= 4 is 36.7 Å². The Kier molecular flexibility index (Phi) is 3.79. The van der Waals surface area contributed by atoms with Crippen molar-refractivity contribution in [2.75, 3.05) is 12.9 Å². The van der Waals surface area contributed by atoms with E-state index in [2.05, 4.69) is 15.9 Å². The quantitative estimate of drug-likeness (QED) is 0.934. The Morgan fingerprint density at radius 2 is 2.11 bits per heavy atom. The molecule has 1 aromatic carbocycles. The number of hydrogen-bond donors (Lipinski definition) is 1. The molecule has 0 saturated heterocycles. The van der Waals surface area contributed by atoms with Crippen LogP contribution in [0.3, 0.4) is 0 Å². The van der Waals surface area contributed by atoms with E-state index >= 15 is 0 Å². The molecular formula is C12H14BrNO3S. The molecule has 18 heavy (non-hydrogen) atoms. The second kappa shape index (κ2) is 5.03. The molecule has 0 atom stereocenters. The van der Waals surface area contributed by atoms with Crippen LogP contribution in [0.15, 0.2) is 33.8 Å². The Bertz CT molecular complexity index is 676. The average Bonchev–Trinajstić information content (AvgIpc) is 2.64. The molecule has 0 bridgehead atoms. The molecule has 2 rings (SSSR count). The summed E-state index contributed by atoms with van der Waals surface area (Å²) in [4.78, 5) is 0.336. The van der Waals surface area contributed by atoms with E-state index in [-0.39, 0.29) is 6.61 Å². The molecule has 1 heterocycles. The van der Waals surface area contributed by atoms with Gasteiger partial charge in [-0.25, -0.2) is 8.42 Å². The molecule has 0 radical (unpaired) electrons. The third-order valence-electron chi connectivity index (χ3n) is 2.76. The van der Waals surface area contributed by atoms with Crippen molar-refractivity contribution in [1.82, 2.24) is 4.57 Å². The van der Waals surface area contributed by atoms with E-state index < -0.39 is 9.84 Å². The van der Waals surface area contributed by atoms with Crippen molar-refractivity contribution in [3.8, 4) is 0 Å². The lowest BCUT2D eigenvalue weighted by molar-refractivity contribution is 0.280. The van der Waals surface area contributed by atoms with Gasteiger partial charge in [-0.2, -0.15) is 0 Å². The lowest BCUT2D eigenvalue weighted by atomic mass is 10.2. The van der Waals surface area contributed by atoms with Crippen LogP contribution < -0.4 is 0 Å². The highest BCUT2D eigenvalue weighted by molar-refractivity contribution is 9.10. The van der Waals surface area contributed by atoms with E-state index in [1.165, 1.54) is 6.26 Å². The number of aliphatic hydroxyl groups excluding tert-OH is 1. The zero-order valence-electron chi connectivity index (χ0n) is 9.93. The summed E-state index contributed by atoms with van der Waals surface area (Å²) < 4.78 is 26.3. The highest BCUT2D eigenvalue weighted by Gasteiger charge is 2.16. The van der Waals surface area contributed by atoms with Gasteiger partial charge in [0.1, 0.15) is 0 Å². The van der Waals surface area contributed by atoms with Crippen molar-refractivity contribution in [2.45, 2.75) is 17.9 Å². The van der Waals surface area contributed by atoms with Crippen LogP contribution in [0, 0.1) is 0 Å². The van der Waals surface area contributed by atoms with E-state index in [1.807, 2.05) is 16.7 Å². The van der Waals surface area contributed by atoms with Crippen LogP contribution in [-0.4, -0.2) is 31.0 Å². The summed E-state index contributed by atoms with van der Waals surface area (Å²) in [5, 5.41) is 9.60. The minimum Gasteiger partial charge on any atom is -0.396 e. The molecular weight excluding hydrogens is 318 g/mol. The summed E-state index contributed by atoms with van der Waals surface area (Å²) in [6.45, 7) is 0.681. The molecule has 0 spiro atoms. The number of fused-ring (bicyclic) bond motifs is 1. The maximum absolute atomic E-state index is 11.7. The number of aliphatic hydroxyl groups is 1. The summed E-state index contributed by atoms with van der Waals surface area (Å²) in [6.07, 6.45) is 3.45. The van der Waals surface area contributed by atoms with Gasteiger partial charge in [0, 0.05) is 35.5 Å². The van der Waals surface area contributed by atoms with Crippen molar-refractivity contribution in [1.29, 1.82) is 0 Å². The molecule has 1 N–H and O–H groups in total. The Balaban J connectivity index is 2.67. The van der Waals surface area contributed by atoms with Gasteiger partial charge in [0.25, 0.3) is 0 Å². The van der Waals surface area contributed by atoms with Gasteiger partial charge in [0.05, 0.1) is 10.4 Å². The van der Waals surface area contributed by atoms with Crippen LogP contribution in [0.25, 0.3) is 10.9 Å². The largest absolute Gasteiger partial charge is 0.396 e. The third kappa shape index (κ3) is 2.60. The molecule has 0 aliphatic carbocycles. The lowest BCUT2D eigenvalue weighted by Gasteiger charge is -2.03. The Morgan fingerprint density at radius 1 is 1.39 bits per heavy atom. The number of halogens is 1. The molecule has 0 aliphatic rings. The van der Waals surface area contributed by atoms with E-state index in [4.69, 9.17) is 5.11 Å². The summed E-state index contributed by atoms with van der Waals surface area (Å²) in [7, 11) is -3.25. The van der Waals surface area contributed by atoms with E-state index in [0.717, 1.165) is 15.4 Å². The fourth-order valence-corrected chi connectivity index (χ4v) is 3.19. The molecule has 0 unspecified atom stereocenters. The summed E-state index contributed by atoms with van der Waals surface area (Å²) in [5.41, 5.74) is 0.859. The van der Waals surface area contributed by atoms with Gasteiger partial charge in [0.15, 0.2) is 9.84 Å². The van der Waals surface area contributed by atoms with Crippen LogP contribution in [0.4, 0.5) is 0 Å². The van der Waals surface area contributed by atoms with Gasteiger partial charge in [-0.15, -0.1) is 0 Å².